The van der Waals surface area contributed by atoms with Crippen LogP contribution in [0.15, 0.2) is 12.2 Å². The highest BCUT2D eigenvalue weighted by Crippen LogP contribution is 2.38. The van der Waals surface area contributed by atoms with E-state index >= 15 is 0 Å². The second kappa shape index (κ2) is 18.6. The van der Waals surface area contributed by atoms with Gasteiger partial charge in [0.1, 0.15) is 13.2 Å². The summed E-state index contributed by atoms with van der Waals surface area (Å²) in [4.78, 5) is 11.6. The first kappa shape index (κ1) is 28.8. The average molecular weight is 434 g/mol. The fourth-order valence-electron chi connectivity index (χ4n) is 2.99. The number of unbranched alkanes of at least 4 members (excludes halogenated alkanes) is 12. The predicted molar refractivity (Wildman–Crippen MR) is 122 cm³/mol. The molecule has 0 aromatic heterocycles. The van der Waals surface area contributed by atoms with Crippen LogP contribution in [0.1, 0.15) is 96.8 Å². The molecule has 0 aliphatic rings. The molecule has 0 saturated heterocycles. The van der Waals surface area contributed by atoms with E-state index in [4.69, 9.17) is 9.05 Å². The number of likely N-dealkylation sites (N-methyl/N-ethyl adjacent to an activating group) is 1. The van der Waals surface area contributed by atoms with Crippen LogP contribution in [0.3, 0.4) is 0 Å². The number of hydrogen-bond acceptors (Lipinski definition) is 4. The summed E-state index contributed by atoms with van der Waals surface area (Å²) in [6.07, 6.45) is 21.9. The molecule has 0 aliphatic carbocycles. The number of hydrogen-bond donors (Lipinski definition) is 0. The van der Waals surface area contributed by atoms with Gasteiger partial charge in [0.15, 0.2) is 0 Å². The monoisotopic (exact) mass is 433 g/mol. The van der Waals surface area contributed by atoms with Gasteiger partial charge in [0, 0.05) is 0 Å². The van der Waals surface area contributed by atoms with Gasteiger partial charge >= 0.3 is 0 Å². The molecular weight excluding hydrogens is 385 g/mol. The summed E-state index contributed by atoms with van der Waals surface area (Å²) in [5.74, 6) is 0. The Hall–Kier alpha value is -0.190. The number of rotatable bonds is 21. The van der Waals surface area contributed by atoms with Gasteiger partial charge in [0.2, 0.25) is 0 Å². The lowest BCUT2D eigenvalue weighted by molar-refractivity contribution is -0.870. The van der Waals surface area contributed by atoms with Crippen molar-refractivity contribution in [1.29, 1.82) is 0 Å². The van der Waals surface area contributed by atoms with Crippen LogP contribution < -0.4 is 4.89 Å². The summed E-state index contributed by atoms with van der Waals surface area (Å²) >= 11 is 0. The quantitative estimate of drug-likeness (QED) is 0.0931. The van der Waals surface area contributed by atoms with Gasteiger partial charge in [-0.3, -0.25) is 4.57 Å². The minimum atomic E-state index is -4.14. The molecule has 174 valence electrons. The molecule has 5 nitrogen and oxygen atoms in total. The second-order valence-corrected chi connectivity index (χ2v) is 10.5. The fourth-order valence-corrected chi connectivity index (χ4v) is 3.72. The minimum absolute atomic E-state index is 0.164. The number of nitrogens with zero attached hydrogens (tertiary/aromatic N) is 1. The molecule has 0 spiro atoms. The third-order valence-electron chi connectivity index (χ3n) is 4.92. The molecule has 0 aliphatic heterocycles. The second-order valence-electron chi connectivity index (χ2n) is 9.07. The zero-order chi connectivity index (χ0) is 21.8. The average Bonchev–Trinajstić information content (AvgIpc) is 2.63. The molecule has 0 bridgehead atoms. The summed E-state index contributed by atoms with van der Waals surface area (Å²) in [5.41, 5.74) is 0. The number of phosphoric acid groups is 1. The molecule has 0 radical (unpaired) electrons. The fraction of sp³-hybridized carbons (Fsp3) is 0.913. The smallest absolute Gasteiger partial charge is 0.268 e. The molecule has 0 aromatic rings. The third-order valence-corrected chi connectivity index (χ3v) is 5.91. The molecule has 0 N–H and O–H groups in total. The molecule has 0 amide bonds. The Morgan fingerprint density at radius 3 is 1.69 bits per heavy atom. The normalized spacial score (nSPS) is 14.5. The molecule has 1 atom stereocenters. The van der Waals surface area contributed by atoms with Crippen LogP contribution >= 0.6 is 7.82 Å². The zero-order valence-electron chi connectivity index (χ0n) is 19.7. The maximum Gasteiger partial charge on any atom is 0.268 e. The molecule has 0 rings (SSSR count). The molecular formula is C23H48NO4P. The van der Waals surface area contributed by atoms with Crippen molar-refractivity contribution < 1.29 is 23.0 Å². The topological polar surface area (TPSA) is 58.6 Å². The van der Waals surface area contributed by atoms with E-state index in [1.54, 1.807) is 0 Å². The van der Waals surface area contributed by atoms with E-state index in [0.717, 1.165) is 19.3 Å². The van der Waals surface area contributed by atoms with Crippen molar-refractivity contribution in [2.45, 2.75) is 96.8 Å². The van der Waals surface area contributed by atoms with E-state index in [9.17, 15) is 9.46 Å². The lowest BCUT2D eigenvalue weighted by atomic mass is 10.1. The van der Waals surface area contributed by atoms with E-state index in [0.29, 0.717) is 11.0 Å². The van der Waals surface area contributed by atoms with Crippen molar-refractivity contribution in [2.75, 3.05) is 40.9 Å². The number of quaternary nitrogens is 1. The molecule has 0 saturated carbocycles. The van der Waals surface area contributed by atoms with Crippen molar-refractivity contribution in [3.8, 4) is 0 Å². The van der Waals surface area contributed by atoms with Gasteiger partial charge in [-0.15, -0.1) is 0 Å². The van der Waals surface area contributed by atoms with Gasteiger partial charge in [-0.25, -0.2) is 0 Å². The van der Waals surface area contributed by atoms with Crippen molar-refractivity contribution in [3.05, 3.63) is 12.2 Å². The van der Waals surface area contributed by atoms with E-state index in [-0.39, 0.29) is 13.2 Å². The molecule has 1 unspecified atom stereocenters. The number of allylic oxidation sites excluding steroid dienone is 2. The Morgan fingerprint density at radius 2 is 1.17 bits per heavy atom. The van der Waals surface area contributed by atoms with E-state index in [1.165, 1.54) is 70.6 Å². The maximum absolute atomic E-state index is 11.6. The van der Waals surface area contributed by atoms with Crippen molar-refractivity contribution >= 4 is 7.82 Å². The molecule has 0 heterocycles. The van der Waals surface area contributed by atoms with Crippen molar-refractivity contribution in [1.82, 2.24) is 0 Å². The van der Waals surface area contributed by atoms with Crippen LogP contribution in [0.4, 0.5) is 0 Å². The minimum Gasteiger partial charge on any atom is -0.756 e. The maximum atomic E-state index is 11.6. The van der Waals surface area contributed by atoms with Gasteiger partial charge in [-0.1, -0.05) is 76.9 Å². The zero-order valence-corrected chi connectivity index (χ0v) is 20.6. The van der Waals surface area contributed by atoms with Crippen molar-refractivity contribution in [3.63, 3.8) is 0 Å². The van der Waals surface area contributed by atoms with Crippen LogP contribution in [0.25, 0.3) is 0 Å². The first-order valence-electron chi connectivity index (χ1n) is 11.8. The van der Waals surface area contributed by atoms with E-state index in [2.05, 4.69) is 19.1 Å². The van der Waals surface area contributed by atoms with Crippen LogP contribution in [-0.2, 0) is 13.6 Å². The number of phosphoric ester groups is 1. The molecule has 0 aromatic carbocycles. The standard InChI is InChI=1S/C23H48NO4P/c1-5-6-7-8-9-10-11-12-13-14-15-16-17-18-19-20-22-27-29(25,26)28-23-21-24(2,3)4/h12-13H,5-11,14-23H2,1-4H3/b13-12-. The highest BCUT2D eigenvalue weighted by molar-refractivity contribution is 7.45. The Kier molecular flexibility index (Phi) is 18.4. The Labute approximate surface area is 181 Å². The Bertz CT molecular complexity index is 435. The summed E-state index contributed by atoms with van der Waals surface area (Å²) in [5, 5.41) is 0. The van der Waals surface area contributed by atoms with Crippen LogP contribution in [0.2, 0.25) is 0 Å². The van der Waals surface area contributed by atoms with Gasteiger partial charge in [-0.05, 0) is 32.1 Å². The predicted octanol–water partition coefficient (Wildman–Crippen LogP) is 6.23. The van der Waals surface area contributed by atoms with E-state index < -0.39 is 7.82 Å². The summed E-state index contributed by atoms with van der Waals surface area (Å²) in [6, 6.07) is 0. The first-order valence-corrected chi connectivity index (χ1v) is 13.3. The van der Waals surface area contributed by atoms with E-state index in [1.807, 2.05) is 21.1 Å². The summed E-state index contributed by atoms with van der Waals surface area (Å²) < 4.78 is 22.1. The van der Waals surface area contributed by atoms with Crippen LogP contribution in [0, 0.1) is 0 Å². The lowest BCUT2D eigenvalue weighted by Crippen LogP contribution is -2.37. The van der Waals surface area contributed by atoms with Gasteiger partial charge in [0.25, 0.3) is 7.82 Å². The SMILES string of the molecule is CCCCCCCC/C=C\CCCCCCCCOP(=O)([O-])OCC[N+](C)(C)C. The highest BCUT2D eigenvalue weighted by atomic mass is 31.2. The van der Waals surface area contributed by atoms with Gasteiger partial charge in [0.05, 0.1) is 27.7 Å². The summed E-state index contributed by atoms with van der Waals surface area (Å²) in [7, 11) is 1.84. The van der Waals surface area contributed by atoms with Crippen molar-refractivity contribution in [2.24, 2.45) is 0 Å². The Balaban J connectivity index is 3.36. The highest BCUT2D eigenvalue weighted by Gasteiger charge is 2.12. The third kappa shape index (κ3) is 24.0. The lowest BCUT2D eigenvalue weighted by Gasteiger charge is -2.27. The first-order chi connectivity index (χ1) is 13.8. The largest absolute Gasteiger partial charge is 0.756 e. The van der Waals surface area contributed by atoms with Gasteiger partial charge < -0.3 is 18.4 Å². The van der Waals surface area contributed by atoms with Gasteiger partial charge in [-0.2, -0.15) is 0 Å². The molecule has 6 heteroatoms. The summed E-state index contributed by atoms with van der Waals surface area (Å²) in [6.45, 7) is 3.28. The van der Waals surface area contributed by atoms with Crippen LogP contribution in [0.5, 0.6) is 0 Å². The molecule has 29 heavy (non-hydrogen) atoms. The Morgan fingerprint density at radius 1 is 0.724 bits per heavy atom. The van der Waals surface area contributed by atoms with Crippen LogP contribution in [-0.4, -0.2) is 45.4 Å². The molecule has 0 fully saturated rings.